The number of nitrogens with zero attached hydrogens (tertiary/aromatic N) is 1. The van der Waals surface area contributed by atoms with Crippen LogP contribution in [0.15, 0.2) is 35.9 Å². The van der Waals surface area contributed by atoms with Crippen LogP contribution in [0.3, 0.4) is 0 Å². The lowest BCUT2D eigenvalue weighted by atomic mass is 10.2. The lowest BCUT2D eigenvalue weighted by Gasteiger charge is -2.08. The summed E-state index contributed by atoms with van der Waals surface area (Å²) in [4.78, 5) is 10.1. The van der Waals surface area contributed by atoms with E-state index < -0.39 is 4.92 Å². The summed E-state index contributed by atoms with van der Waals surface area (Å²) in [6, 6.07) is 6.07. The Kier molecular flexibility index (Phi) is 6.73. The van der Waals surface area contributed by atoms with Gasteiger partial charge in [-0.3, -0.25) is 10.1 Å². The molecule has 0 aliphatic carbocycles. The van der Waals surface area contributed by atoms with Crippen molar-refractivity contribution in [2.75, 3.05) is 13.2 Å². The van der Waals surface area contributed by atoms with E-state index in [1.165, 1.54) is 17.7 Å². The predicted molar refractivity (Wildman–Crippen MR) is 78.1 cm³/mol. The smallest absolute Gasteiger partial charge is 0.269 e. The summed E-state index contributed by atoms with van der Waals surface area (Å²) in [5, 5.41) is 10.5. The van der Waals surface area contributed by atoms with E-state index in [9.17, 15) is 10.1 Å². The molecule has 0 bridgehead atoms. The Morgan fingerprint density at radius 1 is 1.35 bits per heavy atom. The zero-order valence-electron chi connectivity index (χ0n) is 12.2. The zero-order valence-corrected chi connectivity index (χ0v) is 12.2. The van der Waals surface area contributed by atoms with Crippen LogP contribution < -0.4 is 4.74 Å². The molecular formula is C15H21NO4. The van der Waals surface area contributed by atoms with E-state index in [1.54, 1.807) is 12.1 Å². The minimum absolute atomic E-state index is 0.0647. The lowest BCUT2D eigenvalue weighted by Crippen LogP contribution is -2.04. The van der Waals surface area contributed by atoms with Gasteiger partial charge in [0.2, 0.25) is 0 Å². The Balaban J connectivity index is 2.33. The maximum atomic E-state index is 10.5. The highest BCUT2D eigenvalue weighted by molar-refractivity contribution is 5.36. The second-order valence-electron chi connectivity index (χ2n) is 4.78. The van der Waals surface area contributed by atoms with Crippen LogP contribution in [0.1, 0.15) is 27.2 Å². The fraction of sp³-hybridized carbons (Fsp3) is 0.467. The van der Waals surface area contributed by atoms with Crippen LogP contribution in [-0.2, 0) is 4.74 Å². The molecule has 20 heavy (non-hydrogen) atoms. The minimum atomic E-state index is -0.428. The third-order valence-corrected chi connectivity index (χ3v) is 2.68. The minimum Gasteiger partial charge on any atom is -0.490 e. The molecule has 110 valence electrons. The molecule has 0 aromatic heterocycles. The summed E-state index contributed by atoms with van der Waals surface area (Å²) in [7, 11) is 0. The molecule has 0 saturated carbocycles. The van der Waals surface area contributed by atoms with Crippen LogP contribution in [0.25, 0.3) is 0 Å². The quantitative estimate of drug-likeness (QED) is 0.413. The highest BCUT2D eigenvalue weighted by atomic mass is 16.6. The van der Waals surface area contributed by atoms with E-state index >= 15 is 0 Å². The van der Waals surface area contributed by atoms with Crippen LogP contribution >= 0.6 is 0 Å². The van der Waals surface area contributed by atoms with Gasteiger partial charge in [-0.05, 0) is 45.4 Å². The molecule has 0 aliphatic heterocycles. The van der Waals surface area contributed by atoms with Crippen LogP contribution in [0.2, 0.25) is 0 Å². The standard InChI is InChI=1S/C15H21NO4/c1-12(2)19-10-8-13(3)9-11-20-15-6-4-14(5-7-15)16(17)18/h4-7,9,12H,8,10-11H2,1-3H3. The van der Waals surface area contributed by atoms with Gasteiger partial charge in [0.15, 0.2) is 0 Å². The average molecular weight is 279 g/mol. The van der Waals surface area contributed by atoms with Crippen molar-refractivity contribution >= 4 is 5.69 Å². The SMILES string of the molecule is CC(=CCOc1ccc([N+](=O)[O-])cc1)CCOC(C)C. The van der Waals surface area contributed by atoms with Gasteiger partial charge in [0.05, 0.1) is 17.6 Å². The molecule has 0 aliphatic rings. The van der Waals surface area contributed by atoms with E-state index in [0.717, 1.165) is 6.42 Å². The summed E-state index contributed by atoms with van der Waals surface area (Å²) in [5.41, 5.74) is 1.27. The third kappa shape index (κ3) is 6.33. The summed E-state index contributed by atoms with van der Waals surface area (Å²) in [6.07, 6.45) is 3.12. The average Bonchev–Trinajstić information content (AvgIpc) is 2.39. The molecule has 0 unspecified atom stereocenters. The van der Waals surface area contributed by atoms with Gasteiger partial charge in [0, 0.05) is 12.1 Å². The molecule has 0 radical (unpaired) electrons. The van der Waals surface area contributed by atoms with Crippen LogP contribution in [0, 0.1) is 10.1 Å². The molecule has 5 heteroatoms. The Bertz CT molecular complexity index is 451. The maximum Gasteiger partial charge on any atom is 0.269 e. The summed E-state index contributed by atoms with van der Waals surface area (Å²) in [6.45, 7) is 7.21. The highest BCUT2D eigenvalue weighted by Crippen LogP contribution is 2.17. The van der Waals surface area contributed by atoms with E-state index in [1.807, 2.05) is 26.8 Å². The molecule has 0 heterocycles. The molecule has 1 rings (SSSR count). The first-order valence-electron chi connectivity index (χ1n) is 6.63. The molecule has 0 atom stereocenters. The third-order valence-electron chi connectivity index (χ3n) is 2.68. The van der Waals surface area contributed by atoms with Crippen molar-refractivity contribution < 1.29 is 14.4 Å². The number of non-ortho nitro benzene ring substituents is 1. The van der Waals surface area contributed by atoms with E-state index in [-0.39, 0.29) is 11.8 Å². The summed E-state index contributed by atoms with van der Waals surface area (Å²) < 4.78 is 11.0. The van der Waals surface area contributed by atoms with Crippen molar-refractivity contribution in [3.63, 3.8) is 0 Å². The number of nitro benzene ring substituents is 1. The van der Waals surface area contributed by atoms with Gasteiger partial charge < -0.3 is 9.47 Å². The second kappa shape index (κ2) is 8.32. The number of hydrogen-bond donors (Lipinski definition) is 0. The molecular weight excluding hydrogens is 258 g/mol. The van der Waals surface area contributed by atoms with Crippen LogP contribution in [0.5, 0.6) is 5.75 Å². The van der Waals surface area contributed by atoms with Crippen molar-refractivity contribution in [2.24, 2.45) is 0 Å². The predicted octanol–water partition coefficient (Wildman–Crippen LogP) is 3.74. The molecule has 0 N–H and O–H groups in total. The summed E-state index contributed by atoms with van der Waals surface area (Å²) in [5.74, 6) is 0.623. The van der Waals surface area contributed by atoms with Crippen molar-refractivity contribution in [3.05, 3.63) is 46.0 Å². The van der Waals surface area contributed by atoms with Crippen molar-refractivity contribution in [3.8, 4) is 5.75 Å². The van der Waals surface area contributed by atoms with Gasteiger partial charge in [-0.25, -0.2) is 0 Å². The molecule has 5 nitrogen and oxygen atoms in total. The van der Waals surface area contributed by atoms with Crippen molar-refractivity contribution in [2.45, 2.75) is 33.3 Å². The van der Waals surface area contributed by atoms with Gasteiger partial charge in [0.25, 0.3) is 5.69 Å². The van der Waals surface area contributed by atoms with Crippen LogP contribution in [-0.4, -0.2) is 24.2 Å². The molecule has 1 aromatic rings. The fourth-order valence-electron chi connectivity index (χ4n) is 1.50. The van der Waals surface area contributed by atoms with Crippen molar-refractivity contribution in [1.29, 1.82) is 0 Å². The van der Waals surface area contributed by atoms with Crippen LogP contribution in [0.4, 0.5) is 5.69 Å². The van der Waals surface area contributed by atoms with Gasteiger partial charge in [-0.1, -0.05) is 5.57 Å². The Morgan fingerprint density at radius 2 is 2.00 bits per heavy atom. The number of ether oxygens (including phenoxy) is 2. The van der Waals surface area contributed by atoms with Crippen molar-refractivity contribution in [1.82, 2.24) is 0 Å². The van der Waals surface area contributed by atoms with E-state index in [4.69, 9.17) is 9.47 Å². The first-order valence-corrected chi connectivity index (χ1v) is 6.63. The lowest BCUT2D eigenvalue weighted by molar-refractivity contribution is -0.384. The Morgan fingerprint density at radius 3 is 2.55 bits per heavy atom. The van der Waals surface area contributed by atoms with E-state index in [0.29, 0.717) is 19.0 Å². The molecule has 1 aromatic carbocycles. The fourth-order valence-corrected chi connectivity index (χ4v) is 1.50. The molecule has 0 amide bonds. The first kappa shape index (κ1) is 16.2. The largest absolute Gasteiger partial charge is 0.490 e. The molecule has 0 saturated heterocycles. The van der Waals surface area contributed by atoms with E-state index in [2.05, 4.69) is 0 Å². The topological polar surface area (TPSA) is 61.6 Å². The zero-order chi connectivity index (χ0) is 15.0. The maximum absolute atomic E-state index is 10.5. The normalized spacial score (nSPS) is 11.7. The van der Waals surface area contributed by atoms with Gasteiger partial charge in [-0.15, -0.1) is 0 Å². The number of benzene rings is 1. The Hall–Kier alpha value is -1.88. The highest BCUT2D eigenvalue weighted by Gasteiger charge is 2.03. The number of nitro groups is 1. The summed E-state index contributed by atoms with van der Waals surface area (Å²) >= 11 is 0. The monoisotopic (exact) mass is 279 g/mol. The van der Waals surface area contributed by atoms with Gasteiger partial charge in [0.1, 0.15) is 12.4 Å². The first-order chi connectivity index (χ1) is 9.49. The molecule has 0 spiro atoms. The van der Waals surface area contributed by atoms with Gasteiger partial charge in [-0.2, -0.15) is 0 Å². The van der Waals surface area contributed by atoms with Gasteiger partial charge >= 0.3 is 0 Å². The number of hydrogen-bond acceptors (Lipinski definition) is 4. The Labute approximate surface area is 119 Å². The number of rotatable bonds is 8. The molecule has 0 fully saturated rings. The second-order valence-corrected chi connectivity index (χ2v) is 4.78.